The van der Waals surface area contributed by atoms with Crippen molar-refractivity contribution < 1.29 is 14.3 Å². The van der Waals surface area contributed by atoms with Crippen LogP contribution in [0.3, 0.4) is 0 Å². The van der Waals surface area contributed by atoms with E-state index in [1.807, 2.05) is 24.3 Å². The maximum atomic E-state index is 11.9. The van der Waals surface area contributed by atoms with Crippen LogP contribution >= 0.6 is 0 Å². The Morgan fingerprint density at radius 1 is 1.38 bits per heavy atom. The van der Waals surface area contributed by atoms with Crippen LogP contribution in [0.2, 0.25) is 0 Å². The van der Waals surface area contributed by atoms with Crippen LogP contribution in [0.5, 0.6) is 11.5 Å². The molecule has 6 heteroatoms. The Bertz CT molecular complexity index is 749. The van der Waals surface area contributed by atoms with Crippen LogP contribution in [0.4, 0.5) is 0 Å². The van der Waals surface area contributed by atoms with E-state index >= 15 is 0 Å². The second-order valence-electron chi connectivity index (χ2n) is 6.47. The maximum absolute atomic E-state index is 11.9. The van der Waals surface area contributed by atoms with Crippen LogP contribution < -0.4 is 20.1 Å². The number of ether oxygens (including phenoxy) is 2. The topological polar surface area (TPSA) is 72.5 Å². The van der Waals surface area contributed by atoms with Crippen LogP contribution in [0.1, 0.15) is 30.0 Å². The van der Waals surface area contributed by atoms with Crippen molar-refractivity contribution in [2.24, 2.45) is 0 Å². The fraction of sp³-hybridized carbons (Fsp3) is 0.400. The molecule has 0 aliphatic carbocycles. The number of nitrogens with zero attached hydrogens (tertiary/aromatic N) is 1. The number of amides is 1. The van der Waals surface area contributed by atoms with Gasteiger partial charge in [0.1, 0.15) is 17.6 Å². The number of fused-ring (bicyclic) bond motifs is 1. The number of nitrogens with one attached hydrogen (secondary N) is 2. The SMILES string of the molecule is COc1cc(CNCCC(=O)NCc2cccnc2)c2c(c1)CC(C)O2. The number of hydrogen-bond donors (Lipinski definition) is 2. The second kappa shape index (κ2) is 8.67. The van der Waals surface area contributed by atoms with Gasteiger partial charge in [0.15, 0.2) is 0 Å². The molecule has 26 heavy (non-hydrogen) atoms. The minimum atomic E-state index is 0.0158. The summed E-state index contributed by atoms with van der Waals surface area (Å²) in [5, 5.41) is 6.22. The van der Waals surface area contributed by atoms with E-state index in [0.29, 0.717) is 26.1 Å². The van der Waals surface area contributed by atoms with E-state index in [9.17, 15) is 4.79 Å². The summed E-state index contributed by atoms with van der Waals surface area (Å²) in [4.78, 5) is 16.0. The first kappa shape index (κ1) is 18.2. The van der Waals surface area contributed by atoms with Gasteiger partial charge >= 0.3 is 0 Å². The van der Waals surface area contributed by atoms with Crippen LogP contribution in [-0.4, -0.2) is 30.6 Å². The van der Waals surface area contributed by atoms with Gasteiger partial charge in [0, 0.05) is 56.0 Å². The number of benzene rings is 1. The van der Waals surface area contributed by atoms with Crippen molar-refractivity contribution >= 4 is 5.91 Å². The predicted molar refractivity (Wildman–Crippen MR) is 99.2 cm³/mol. The van der Waals surface area contributed by atoms with E-state index in [0.717, 1.165) is 29.0 Å². The van der Waals surface area contributed by atoms with Gasteiger partial charge in [0.2, 0.25) is 5.91 Å². The summed E-state index contributed by atoms with van der Waals surface area (Å²) >= 11 is 0. The summed E-state index contributed by atoms with van der Waals surface area (Å²) in [7, 11) is 1.67. The number of hydrogen-bond acceptors (Lipinski definition) is 5. The van der Waals surface area contributed by atoms with Crippen molar-refractivity contribution in [3.8, 4) is 11.5 Å². The van der Waals surface area contributed by atoms with E-state index in [1.165, 1.54) is 5.56 Å². The third-order valence-corrected chi connectivity index (χ3v) is 4.34. The molecule has 1 aromatic carbocycles. The molecule has 1 unspecified atom stereocenters. The average Bonchev–Trinajstić information content (AvgIpc) is 3.04. The first-order valence-corrected chi connectivity index (χ1v) is 8.88. The van der Waals surface area contributed by atoms with E-state index in [4.69, 9.17) is 9.47 Å². The lowest BCUT2D eigenvalue weighted by molar-refractivity contribution is -0.121. The minimum absolute atomic E-state index is 0.0158. The van der Waals surface area contributed by atoms with Crippen LogP contribution in [0.25, 0.3) is 0 Å². The van der Waals surface area contributed by atoms with Gasteiger partial charge in [-0.15, -0.1) is 0 Å². The lowest BCUT2D eigenvalue weighted by Crippen LogP contribution is -2.27. The molecular formula is C20H25N3O3. The van der Waals surface area contributed by atoms with E-state index in [1.54, 1.807) is 19.5 Å². The molecular weight excluding hydrogens is 330 g/mol. The Morgan fingerprint density at radius 2 is 2.27 bits per heavy atom. The van der Waals surface area contributed by atoms with E-state index in [-0.39, 0.29) is 12.0 Å². The zero-order valence-corrected chi connectivity index (χ0v) is 15.2. The van der Waals surface area contributed by atoms with Crippen molar-refractivity contribution in [2.75, 3.05) is 13.7 Å². The van der Waals surface area contributed by atoms with Crippen LogP contribution in [0, 0.1) is 0 Å². The quantitative estimate of drug-likeness (QED) is 0.711. The monoisotopic (exact) mass is 355 g/mol. The van der Waals surface area contributed by atoms with Crippen molar-refractivity contribution in [3.63, 3.8) is 0 Å². The molecule has 0 spiro atoms. The number of pyridine rings is 1. The molecule has 2 aromatic rings. The molecule has 0 fully saturated rings. The highest BCUT2D eigenvalue weighted by molar-refractivity contribution is 5.76. The predicted octanol–water partition coefficient (Wildman–Crippen LogP) is 2.21. The Balaban J connectivity index is 1.45. The first-order chi connectivity index (χ1) is 12.7. The Hall–Kier alpha value is -2.60. The highest BCUT2D eigenvalue weighted by Crippen LogP contribution is 2.36. The van der Waals surface area contributed by atoms with Gasteiger partial charge in [0.05, 0.1) is 7.11 Å². The highest BCUT2D eigenvalue weighted by Gasteiger charge is 2.23. The molecule has 3 rings (SSSR count). The molecule has 0 radical (unpaired) electrons. The summed E-state index contributed by atoms with van der Waals surface area (Å²) < 4.78 is 11.3. The Kier molecular flexibility index (Phi) is 6.07. The summed E-state index contributed by atoms with van der Waals surface area (Å²) in [6.45, 7) is 3.81. The van der Waals surface area contributed by atoms with Crippen LogP contribution in [0.15, 0.2) is 36.7 Å². The number of carbonyl (C=O) groups is 1. The summed E-state index contributed by atoms with van der Waals surface area (Å²) in [5.41, 5.74) is 3.24. The zero-order chi connectivity index (χ0) is 18.4. The smallest absolute Gasteiger partial charge is 0.221 e. The summed E-state index contributed by atoms with van der Waals surface area (Å²) in [5.74, 6) is 1.81. The maximum Gasteiger partial charge on any atom is 0.221 e. The van der Waals surface area contributed by atoms with Crippen LogP contribution in [-0.2, 0) is 24.3 Å². The molecule has 138 valence electrons. The van der Waals surface area contributed by atoms with Gasteiger partial charge in [-0.2, -0.15) is 0 Å². The van der Waals surface area contributed by atoms with Gasteiger partial charge in [-0.3, -0.25) is 9.78 Å². The van der Waals surface area contributed by atoms with Gasteiger partial charge in [-0.25, -0.2) is 0 Å². The number of aromatic nitrogens is 1. The molecule has 0 bridgehead atoms. The summed E-state index contributed by atoms with van der Waals surface area (Å²) in [6.07, 6.45) is 4.98. The van der Waals surface area contributed by atoms with Gasteiger partial charge in [0.25, 0.3) is 0 Å². The molecule has 1 atom stereocenters. The Morgan fingerprint density at radius 3 is 3.04 bits per heavy atom. The largest absolute Gasteiger partial charge is 0.497 e. The number of methoxy groups -OCH3 is 1. The molecule has 0 saturated heterocycles. The van der Waals surface area contributed by atoms with Crippen molar-refractivity contribution in [1.29, 1.82) is 0 Å². The molecule has 2 heterocycles. The lowest BCUT2D eigenvalue weighted by Gasteiger charge is -2.12. The Labute approximate surface area is 153 Å². The van der Waals surface area contributed by atoms with E-state index in [2.05, 4.69) is 22.5 Å². The van der Waals surface area contributed by atoms with Gasteiger partial charge < -0.3 is 20.1 Å². The van der Waals surface area contributed by atoms with E-state index < -0.39 is 0 Å². The van der Waals surface area contributed by atoms with Crippen molar-refractivity contribution in [2.45, 2.75) is 39.0 Å². The zero-order valence-electron chi connectivity index (χ0n) is 15.2. The number of rotatable bonds is 8. The molecule has 1 aliphatic rings. The second-order valence-corrected chi connectivity index (χ2v) is 6.47. The standard InChI is InChI=1S/C20H25N3O3/c1-14-8-16-9-18(25-2)10-17(20(16)26-14)13-22-7-5-19(24)23-12-15-4-3-6-21-11-15/h3-4,6,9-11,14,22H,5,7-8,12-13H2,1-2H3,(H,23,24). The summed E-state index contributed by atoms with van der Waals surface area (Å²) in [6, 6.07) is 7.83. The fourth-order valence-electron chi connectivity index (χ4n) is 3.04. The van der Waals surface area contributed by atoms with Gasteiger partial charge in [-0.1, -0.05) is 6.07 Å². The average molecular weight is 355 g/mol. The molecule has 2 N–H and O–H groups in total. The molecule has 0 saturated carbocycles. The van der Waals surface area contributed by atoms with Gasteiger partial charge in [-0.05, 0) is 30.7 Å². The lowest BCUT2D eigenvalue weighted by atomic mass is 10.1. The molecule has 1 aromatic heterocycles. The minimum Gasteiger partial charge on any atom is -0.497 e. The normalized spacial score (nSPS) is 15.2. The highest BCUT2D eigenvalue weighted by atomic mass is 16.5. The number of carbonyl (C=O) groups excluding carboxylic acids is 1. The first-order valence-electron chi connectivity index (χ1n) is 8.88. The molecule has 1 aliphatic heterocycles. The molecule has 6 nitrogen and oxygen atoms in total. The van der Waals surface area contributed by atoms with Crippen molar-refractivity contribution in [1.82, 2.24) is 15.6 Å². The third-order valence-electron chi connectivity index (χ3n) is 4.34. The fourth-order valence-corrected chi connectivity index (χ4v) is 3.04. The third kappa shape index (κ3) is 4.73. The van der Waals surface area contributed by atoms with Crippen molar-refractivity contribution in [3.05, 3.63) is 53.3 Å². The molecule has 1 amide bonds.